The number of hydrogen-bond acceptors (Lipinski definition) is 7. The fourth-order valence-electron chi connectivity index (χ4n) is 10.5. The van der Waals surface area contributed by atoms with Crippen molar-refractivity contribution in [1.82, 2.24) is 15.0 Å². The number of furan rings is 2. The summed E-state index contributed by atoms with van der Waals surface area (Å²) in [7, 11) is 0. The van der Waals surface area contributed by atoms with Crippen molar-refractivity contribution in [2.24, 2.45) is 0 Å². The number of hydrogen-bond donors (Lipinski definition) is 1. The molecule has 1 atom stereocenters. The highest BCUT2D eigenvalue weighted by Crippen LogP contribution is 2.45. The van der Waals surface area contributed by atoms with E-state index in [1.807, 2.05) is 91.0 Å². The molecule has 7 heteroatoms. The van der Waals surface area contributed by atoms with Crippen LogP contribution in [0.1, 0.15) is 12.5 Å². The summed E-state index contributed by atoms with van der Waals surface area (Å²) in [5.41, 5.74) is 14.6. The fraction of sp³-hybridized carbons (Fsp3) is 0.0290. The smallest absolute Gasteiger partial charge is 0.164 e. The van der Waals surface area contributed by atoms with Crippen molar-refractivity contribution in [2.75, 3.05) is 10.2 Å². The molecule has 1 N–H and O–H groups in total. The van der Waals surface area contributed by atoms with Crippen LogP contribution in [0, 0.1) is 0 Å². The van der Waals surface area contributed by atoms with Crippen LogP contribution in [0.4, 0.5) is 17.1 Å². The first-order valence-electron chi connectivity index (χ1n) is 25.4. The Morgan fingerprint density at radius 3 is 1.47 bits per heavy atom. The zero-order chi connectivity index (χ0) is 51.2. The molecule has 1 aliphatic rings. The van der Waals surface area contributed by atoms with Crippen LogP contribution >= 0.6 is 0 Å². The van der Waals surface area contributed by atoms with E-state index in [1.54, 1.807) is 0 Å². The first-order chi connectivity index (χ1) is 37.3. The van der Waals surface area contributed by atoms with E-state index in [2.05, 4.69) is 188 Å². The molecule has 0 saturated heterocycles. The van der Waals surface area contributed by atoms with Gasteiger partial charge in [0.25, 0.3) is 0 Å². The van der Waals surface area contributed by atoms with E-state index in [1.165, 1.54) is 0 Å². The summed E-state index contributed by atoms with van der Waals surface area (Å²) in [5.74, 6) is 1.54. The number of rotatable bonds is 9. The van der Waals surface area contributed by atoms with E-state index in [0.29, 0.717) is 17.5 Å². The molecule has 76 heavy (non-hydrogen) atoms. The Morgan fingerprint density at radius 1 is 0.421 bits per heavy atom. The van der Waals surface area contributed by atoms with Crippen LogP contribution in [0.25, 0.3) is 100 Å². The Morgan fingerprint density at radius 2 is 0.895 bits per heavy atom. The van der Waals surface area contributed by atoms with E-state index in [0.717, 1.165) is 117 Å². The van der Waals surface area contributed by atoms with Crippen LogP contribution in [-0.4, -0.2) is 15.0 Å². The van der Waals surface area contributed by atoms with Crippen molar-refractivity contribution >= 4 is 60.9 Å². The second-order valence-electron chi connectivity index (χ2n) is 19.3. The molecule has 0 radical (unpaired) electrons. The third-order valence-corrected chi connectivity index (χ3v) is 14.3. The maximum absolute atomic E-state index is 6.41. The lowest BCUT2D eigenvalue weighted by molar-refractivity contribution is 0.668. The van der Waals surface area contributed by atoms with E-state index in [9.17, 15) is 0 Å². The summed E-state index contributed by atoms with van der Waals surface area (Å²) in [6.07, 6.45) is 12.7. The predicted octanol–water partition coefficient (Wildman–Crippen LogP) is 18.2. The third-order valence-electron chi connectivity index (χ3n) is 14.3. The van der Waals surface area contributed by atoms with Gasteiger partial charge in [-0.15, -0.1) is 0 Å². The molecule has 12 aromatic rings. The molecule has 1 aliphatic heterocycles. The molecule has 4 heterocycles. The maximum Gasteiger partial charge on any atom is 0.164 e. The quantitative estimate of drug-likeness (QED) is 0.154. The van der Waals surface area contributed by atoms with Gasteiger partial charge in [0.2, 0.25) is 0 Å². The van der Waals surface area contributed by atoms with Gasteiger partial charge in [0.15, 0.2) is 17.5 Å². The molecule has 0 spiro atoms. The maximum atomic E-state index is 6.41. The van der Waals surface area contributed by atoms with Gasteiger partial charge in [-0.1, -0.05) is 183 Å². The lowest BCUT2D eigenvalue weighted by Gasteiger charge is -2.30. The lowest BCUT2D eigenvalue weighted by Crippen LogP contribution is -2.21. The minimum atomic E-state index is -0.577. The molecule has 3 aromatic heterocycles. The van der Waals surface area contributed by atoms with Gasteiger partial charge in [0.05, 0.1) is 5.69 Å². The molecule has 7 nitrogen and oxygen atoms in total. The highest BCUT2D eigenvalue weighted by atomic mass is 16.3. The molecule has 0 bridgehead atoms. The lowest BCUT2D eigenvalue weighted by atomic mass is 9.80. The standard InChI is InChI=1S/C69H49N5O2/c1-45-21-19-20-39-69(3,40-38-46(2)74(45)52-26-11-6-12-27-52)59-30-15-16-31-60(59)70-65-57(47-22-7-4-8-23-47)41-51(42-58(65)48-24-9-5-10-25-48)68-72-66(49-34-36-55-53-28-13-17-32-61(53)75-63(55)43-49)71-67(73-68)50-35-37-56-54-29-14-18-33-62(54)76-64(56)44-50/h4-44,70H,1-2H2,3H3/b21-19-,39-20-,40-38-. The molecular weight excluding hydrogens is 931 g/mol. The number of nitrogens with zero attached hydrogens (tertiary/aromatic N) is 4. The Kier molecular flexibility index (Phi) is 11.5. The van der Waals surface area contributed by atoms with Gasteiger partial charge < -0.3 is 19.1 Å². The van der Waals surface area contributed by atoms with Crippen LogP contribution in [-0.2, 0) is 5.41 Å². The van der Waals surface area contributed by atoms with Crippen molar-refractivity contribution in [3.8, 4) is 56.4 Å². The number of allylic oxidation sites excluding steroid dienone is 6. The van der Waals surface area contributed by atoms with Crippen molar-refractivity contribution in [3.05, 3.63) is 279 Å². The minimum absolute atomic E-state index is 0.513. The molecule has 0 saturated carbocycles. The summed E-state index contributed by atoms with van der Waals surface area (Å²) >= 11 is 0. The number of aromatic nitrogens is 3. The van der Waals surface area contributed by atoms with E-state index in [4.69, 9.17) is 23.8 Å². The Bertz CT molecular complexity index is 4130. The van der Waals surface area contributed by atoms with E-state index >= 15 is 0 Å². The number of benzene rings is 9. The number of anilines is 3. The summed E-state index contributed by atoms with van der Waals surface area (Å²) in [4.78, 5) is 18.0. The van der Waals surface area contributed by atoms with E-state index in [-0.39, 0.29) is 0 Å². The predicted molar refractivity (Wildman–Crippen MR) is 313 cm³/mol. The monoisotopic (exact) mass is 979 g/mol. The van der Waals surface area contributed by atoms with Crippen LogP contribution in [0.2, 0.25) is 0 Å². The first kappa shape index (κ1) is 45.7. The van der Waals surface area contributed by atoms with Gasteiger partial charge in [0, 0.05) is 77.5 Å². The summed E-state index contributed by atoms with van der Waals surface area (Å²) in [6, 6.07) is 72.7. The van der Waals surface area contributed by atoms with Crippen LogP contribution in [0.15, 0.2) is 282 Å². The van der Waals surface area contributed by atoms with Crippen molar-refractivity contribution in [1.29, 1.82) is 0 Å². The first-order valence-corrected chi connectivity index (χ1v) is 25.4. The van der Waals surface area contributed by atoms with Crippen LogP contribution in [0.3, 0.4) is 0 Å². The van der Waals surface area contributed by atoms with Crippen molar-refractivity contribution in [3.63, 3.8) is 0 Å². The average molecular weight is 980 g/mol. The number of para-hydroxylation sites is 4. The highest BCUT2D eigenvalue weighted by Gasteiger charge is 2.27. The Balaban J connectivity index is 0.989. The van der Waals surface area contributed by atoms with Gasteiger partial charge in [-0.2, -0.15) is 0 Å². The second kappa shape index (κ2) is 19.1. The Labute approximate surface area is 440 Å². The molecule has 0 aliphatic carbocycles. The zero-order valence-corrected chi connectivity index (χ0v) is 41.7. The second-order valence-corrected chi connectivity index (χ2v) is 19.3. The molecule has 0 amide bonds. The summed E-state index contributed by atoms with van der Waals surface area (Å²) < 4.78 is 12.8. The molecule has 9 aromatic carbocycles. The van der Waals surface area contributed by atoms with Crippen molar-refractivity contribution in [2.45, 2.75) is 12.3 Å². The van der Waals surface area contributed by atoms with E-state index < -0.39 is 5.41 Å². The topological polar surface area (TPSA) is 80.2 Å². The largest absolute Gasteiger partial charge is 0.456 e. The highest BCUT2D eigenvalue weighted by molar-refractivity contribution is 6.07. The molecule has 362 valence electrons. The molecular formula is C69H49N5O2. The van der Waals surface area contributed by atoms with Crippen LogP contribution in [0.5, 0.6) is 0 Å². The molecule has 13 rings (SSSR count). The number of nitrogens with one attached hydrogen (secondary N) is 1. The Hall–Kier alpha value is -10.1. The normalized spacial score (nSPS) is 16.1. The average Bonchev–Trinajstić information content (AvgIpc) is 4.04. The number of fused-ring (bicyclic) bond motifs is 6. The zero-order valence-electron chi connectivity index (χ0n) is 41.7. The van der Waals surface area contributed by atoms with Crippen molar-refractivity contribution < 1.29 is 8.83 Å². The summed E-state index contributed by atoms with van der Waals surface area (Å²) in [5, 5.41) is 8.21. The van der Waals surface area contributed by atoms with Gasteiger partial charge in [-0.25, -0.2) is 15.0 Å². The van der Waals surface area contributed by atoms with Gasteiger partial charge in [-0.05, 0) is 102 Å². The fourth-order valence-corrected chi connectivity index (χ4v) is 10.5. The third kappa shape index (κ3) is 8.45. The minimum Gasteiger partial charge on any atom is -0.456 e. The van der Waals surface area contributed by atoms with Gasteiger partial charge in [-0.3, -0.25) is 0 Å². The van der Waals surface area contributed by atoms with Gasteiger partial charge in [0.1, 0.15) is 22.3 Å². The SMILES string of the molecule is C=C1/C=C\C=C/C(C)(c2ccccc2Nc2c(-c3ccccc3)cc(-c3nc(-c4ccc5c(c4)oc4ccccc45)nc(-c4ccc5c(c4)oc4ccccc45)n3)cc2-c2ccccc2)/C=C\C(=C)N1c1ccccc1. The molecule has 1 unspecified atom stereocenters. The molecule has 0 fully saturated rings. The summed E-state index contributed by atoms with van der Waals surface area (Å²) in [6.45, 7) is 11.2. The van der Waals surface area contributed by atoms with Crippen LogP contribution < -0.4 is 10.2 Å². The van der Waals surface area contributed by atoms with Gasteiger partial charge >= 0.3 is 0 Å².